The maximum Gasteiger partial charge on any atom is 0.0588 e. The highest BCUT2D eigenvalue weighted by Crippen LogP contribution is 2.67. The summed E-state index contributed by atoms with van der Waals surface area (Å²) in [5.41, 5.74) is 1.06. The van der Waals surface area contributed by atoms with E-state index in [1.54, 1.807) is 0 Å². The van der Waals surface area contributed by atoms with E-state index in [-0.39, 0.29) is 17.6 Å². The first-order valence-corrected chi connectivity index (χ1v) is 12.9. The number of aliphatic hydroxyl groups is 2. The van der Waals surface area contributed by atoms with Gasteiger partial charge in [0.2, 0.25) is 0 Å². The zero-order valence-corrected chi connectivity index (χ0v) is 19.9. The first-order chi connectivity index (χ1) is 13.6. The summed E-state index contributed by atoms with van der Waals surface area (Å²) in [6.45, 7) is 11.7. The SMILES string of the molecule is CC(C)(C)C(O)CCC[C@H]1CCC2C3CCC4CC(O)CCC4(C)C3CCC21C. The van der Waals surface area contributed by atoms with E-state index in [0.29, 0.717) is 10.8 Å². The summed E-state index contributed by atoms with van der Waals surface area (Å²) in [7, 11) is 0. The van der Waals surface area contributed by atoms with Gasteiger partial charge in [0.25, 0.3) is 0 Å². The first-order valence-electron chi connectivity index (χ1n) is 12.9. The second-order valence-electron chi connectivity index (χ2n) is 13.2. The normalized spacial score (nSPS) is 48.5. The first kappa shape index (κ1) is 22.1. The van der Waals surface area contributed by atoms with Crippen molar-refractivity contribution in [1.82, 2.24) is 0 Å². The molecule has 2 N–H and O–H groups in total. The largest absolute Gasteiger partial charge is 0.393 e. The van der Waals surface area contributed by atoms with Crippen LogP contribution in [0.15, 0.2) is 0 Å². The molecule has 0 amide bonds. The lowest BCUT2D eigenvalue weighted by molar-refractivity contribution is -0.127. The van der Waals surface area contributed by atoms with Gasteiger partial charge in [-0.3, -0.25) is 0 Å². The molecule has 9 atom stereocenters. The number of aliphatic hydroxyl groups excluding tert-OH is 2. The molecule has 0 aromatic carbocycles. The molecule has 2 heteroatoms. The Morgan fingerprint density at radius 2 is 1.59 bits per heavy atom. The van der Waals surface area contributed by atoms with Gasteiger partial charge in [-0.1, -0.05) is 41.0 Å². The van der Waals surface area contributed by atoms with E-state index in [1.807, 2.05) is 0 Å². The number of hydrogen-bond donors (Lipinski definition) is 2. The molecule has 4 aliphatic carbocycles. The van der Waals surface area contributed by atoms with Crippen molar-refractivity contribution in [3.63, 3.8) is 0 Å². The molecule has 0 spiro atoms. The molecule has 0 aliphatic heterocycles. The summed E-state index contributed by atoms with van der Waals surface area (Å²) in [6, 6.07) is 0. The lowest BCUT2D eigenvalue weighted by atomic mass is 9.44. The Hall–Kier alpha value is -0.0800. The van der Waals surface area contributed by atoms with Crippen LogP contribution in [-0.4, -0.2) is 22.4 Å². The predicted molar refractivity (Wildman–Crippen MR) is 121 cm³/mol. The maximum atomic E-state index is 10.4. The Kier molecular flexibility index (Phi) is 5.95. The van der Waals surface area contributed by atoms with Gasteiger partial charge < -0.3 is 10.2 Å². The van der Waals surface area contributed by atoms with Crippen LogP contribution >= 0.6 is 0 Å². The van der Waals surface area contributed by atoms with E-state index >= 15 is 0 Å². The third kappa shape index (κ3) is 3.84. The van der Waals surface area contributed by atoms with E-state index < -0.39 is 0 Å². The average molecular weight is 405 g/mol. The summed E-state index contributed by atoms with van der Waals surface area (Å²) < 4.78 is 0. The molecule has 4 rings (SSSR count). The molecular weight excluding hydrogens is 356 g/mol. The van der Waals surface area contributed by atoms with Gasteiger partial charge in [-0.2, -0.15) is 0 Å². The second kappa shape index (κ2) is 7.80. The fraction of sp³-hybridized carbons (Fsp3) is 1.00. The van der Waals surface area contributed by atoms with Gasteiger partial charge in [0.15, 0.2) is 0 Å². The van der Waals surface area contributed by atoms with Crippen molar-refractivity contribution < 1.29 is 10.2 Å². The molecule has 4 fully saturated rings. The smallest absolute Gasteiger partial charge is 0.0588 e. The van der Waals surface area contributed by atoms with Crippen LogP contribution < -0.4 is 0 Å². The molecule has 0 bridgehead atoms. The number of hydrogen-bond acceptors (Lipinski definition) is 2. The third-order valence-corrected chi connectivity index (χ3v) is 10.9. The minimum absolute atomic E-state index is 0.0157. The van der Waals surface area contributed by atoms with Crippen LogP contribution in [-0.2, 0) is 0 Å². The van der Waals surface area contributed by atoms with Crippen molar-refractivity contribution in [2.75, 3.05) is 0 Å². The van der Waals surface area contributed by atoms with Crippen molar-refractivity contribution >= 4 is 0 Å². The molecule has 29 heavy (non-hydrogen) atoms. The van der Waals surface area contributed by atoms with E-state index in [1.165, 1.54) is 57.8 Å². The van der Waals surface area contributed by atoms with Crippen LogP contribution in [0.3, 0.4) is 0 Å². The Morgan fingerprint density at radius 3 is 2.31 bits per heavy atom. The van der Waals surface area contributed by atoms with Crippen molar-refractivity contribution in [2.24, 2.45) is 45.8 Å². The van der Waals surface area contributed by atoms with E-state index in [0.717, 1.165) is 48.9 Å². The number of rotatable bonds is 4. The minimum atomic E-state index is -0.167. The van der Waals surface area contributed by atoms with Gasteiger partial charge in [0.1, 0.15) is 0 Å². The average Bonchev–Trinajstić information content (AvgIpc) is 2.98. The zero-order valence-electron chi connectivity index (χ0n) is 19.9. The topological polar surface area (TPSA) is 40.5 Å². The second-order valence-corrected chi connectivity index (χ2v) is 13.2. The highest BCUT2D eigenvalue weighted by atomic mass is 16.3. The molecule has 4 aliphatic rings. The van der Waals surface area contributed by atoms with Gasteiger partial charge in [0.05, 0.1) is 12.2 Å². The van der Waals surface area contributed by atoms with E-state index in [9.17, 15) is 10.2 Å². The Labute approximate surface area is 180 Å². The molecule has 0 heterocycles. The Balaban J connectivity index is 1.41. The Morgan fingerprint density at radius 1 is 0.897 bits per heavy atom. The molecule has 0 aromatic heterocycles. The molecule has 0 aromatic rings. The van der Waals surface area contributed by atoms with Crippen molar-refractivity contribution in [2.45, 2.75) is 124 Å². The van der Waals surface area contributed by atoms with Crippen LogP contribution in [0.2, 0.25) is 0 Å². The van der Waals surface area contributed by atoms with Crippen LogP contribution in [0.4, 0.5) is 0 Å². The monoisotopic (exact) mass is 404 g/mol. The summed E-state index contributed by atoms with van der Waals surface area (Å²) in [5, 5.41) is 20.7. The lowest BCUT2D eigenvalue weighted by Crippen LogP contribution is -2.53. The summed E-state index contributed by atoms with van der Waals surface area (Å²) in [6.07, 6.45) is 15.2. The summed E-state index contributed by atoms with van der Waals surface area (Å²) >= 11 is 0. The van der Waals surface area contributed by atoms with Gasteiger partial charge in [-0.15, -0.1) is 0 Å². The molecule has 0 saturated heterocycles. The molecule has 168 valence electrons. The van der Waals surface area contributed by atoms with Gasteiger partial charge in [-0.05, 0) is 116 Å². The predicted octanol–water partition coefficient (Wildman–Crippen LogP) is 6.58. The highest BCUT2D eigenvalue weighted by Gasteiger charge is 2.59. The van der Waals surface area contributed by atoms with Gasteiger partial charge in [-0.25, -0.2) is 0 Å². The maximum absolute atomic E-state index is 10.4. The minimum Gasteiger partial charge on any atom is -0.393 e. The lowest BCUT2D eigenvalue weighted by Gasteiger charge is -2.61. The third-order valence-electron chi connectivity index (χ3n) is 10.9. The fourth-order valence-corrected chi connectivity index (χ4v) is 8.81. The zero-order chi connectivity index (χ0) is 21.0. The van der Waals surface area contributed by atoms with Gasteiger partial charge in [0, 0.05) is 0 Å². The molecule has 8 unspecified atom stereocenters. The van der Waals surface area contributed by atoms with E-state index in [4.69, 9.17) is 0 Å². The molecule has 4 saturated carbocycles. The van der Waals surface area contributed by atoms with Crippen LogP contribution in [0, 0.1) is 45.8 Å². The quantitative estimate of drug-likeness (QED) is 0.555. The van der Waals surface area contributed by atoms with Crippen molar-refractivity contribution in [3.8, 4) is 0 Å². The van der Waals surface area contributed by atoms with Gasteiger partial charge >= 0.3 is 0 Å². The summed E-state index contributed by atoms with van der Waals surface area (Å²) in [5.74, 6) is 4.43. The molecule has 0 radical (unpaired) electrons. The van der Waals surface area contributed by atoms with Crippen LogP contribution in [0.1, 0.15) is 112 Å². The standard InChI is InChI=1S/C27H48O2/c1-25(2,3)24(29)8-6-7-18-10-12-22-21-11-9-19-17-20(28)13-15-27(19,5)23(21)14-16-26(18,22)4/h18-24,28-29H,6-17H2,1-5H3/t18-,19?,20?,21?,22?,23?,24?,26?,27?/m0/s1. The van der Waals surface area contributed by atoms with E-state index in [2.05, 4.69) is 34.6 Å². The highest BCUT2D eigenvalue weighted by molar-refractivity contribution is 5.09. The summed E-state index contributed by atoms with van der Waals surface area (Å²) in [4.78, 5) is 0. The van der Waals surface area contributed by atoms with Crippen LogP contribution in [0.5, 0.6) is 0 Å². The number of fused-ring (bicyclic) bond motifs is 5. The van der Waals surface area contributed by atoms with Crippen LogP contribution in [0.25, 0.3) is 0 Å². The van der Waals surface area contributed by atoms with Crippen molar-refractivity contribution in [1.29, 1.82) is 0 Å². The van der Waals surface area contributed by atoms with Crippen molar-refractivity contribution in [3.05, 3.63) is 0 Å². The fourth-order valence-electron chi connectivity index (χ4n) is 8.81. The Bertz CT molecular complexity index is 580. The molecular formula is C27H48O2. The molecule has 2 nitrogen and oxygen atoms in total.